The van der Waals surface area contributed by atoms with Crippen molar-refractivity contribution < 1.29 is 4.74 Å². The largest absolute Gasteiger partial charge is 0.500 e. The lowest BCUT2D eigenvalue weighted by Crippen LogP contribution is -2.31. The molecule has 0 heterocycles. The van der Waals surface area contributed by atoms with Gasteiger partial charge in [0.1, 0.15) is 11.9 Å². The number of nitrogens with zero attached hydrogens (tertiary/aromatic N) is 1. The van der Waals surface area contributed by atoms with E-state index in [0.29, 0.717) is 6.42 Å². The SMILES string of the molecule is C/C=C/C=C\C=C/c1ccccc1C1(c2ccccc2C)C(=C/C=C/C)/C(=C\NC(/N=C(\C)c2ccccc2)c2ccccc2)c2cc(C/C(OC)=C(\C)c3ccccc3)ccc21. The van der Waals surface area contributed by atoms with Gasteiger partial charge in [0, 0.05) is 23.9 Å². The molecule has 1 aliphatic rings. The molecule has 63 heavy (non-hydrogen) atoms. The molecule has 0 spiro atoms. The number of hydrogen-bond acceptors (Lipinski definition) is 3. The lowest BCUT2D eigenvalue weighted by atomic mass is 9.65. The first-order valence-electron chi connectivity index (χ1n) is 21.9. The number of methoxy groups -OCH3 is 1. The van der Waals surface area contributed by atoms with Gasteiger partial charge in [-0.05, 0) is 101 Å². The molecule has 2 atom stereocenters. The van der Waals surface area contributed by atoms with Crippen molar-refractivity contribution in [2.24, 2.45) is 4.99 Å². The maximum atomic E-state index is 6.17. The number of benzene rings is 6. The standard InChI is InChI=1S/C60H58N2O/c1-7-9-11-12-16-32-50-33-24-26-38-55(50)60(54-37-25-23-27-44(54)3)56(36-10-8-2)53(43-61-59(51-34-21-15-22-35-51)62-46(5)49-30-19-14-20-31-49)52-41-47(39-40-57(52)60)42-58(63-6)45(4)48-28-17-13-18-29-48/h7-41,43,59,61H,42H2,1-6H3/b9-7+,10-8+,12-11-,32-16-,53-43-,56-36+,58-45-,62-46+. The van der Waals surface area contributed by atoms with Gasteiger partial charge in [-0.25, -0.2) is 0 Å². The Labute approximate surface area is 375 Å². The molecule has 0 aliphatic heterocycles. The van der Waals surface area contributed by atoms with Gasteiger partial charge in [0.05, 0.1) is 12.5 Å². The van der Waals surface area contributed by atoms with E-state index in [4.69, 9.17) is 9.73 Å². The van der Waals surface area contributed by atoms with E-state index in [1.165, 1.54) is 27.8 Å². The normalized spacial score (nSPS) is 17.6. The number of aliphatic imine (C=N–C) groups is 1. The van der Waals surface area contributed by atoms with Crippen molar-refractivity contribution in [1.82, 2.24) is 5.32 Å². The van der Waals surface area contributed by atoms with Crippen molar-refractivity contribution in [2.75, 3.05) is 7.11 Å². The molecule has 0 bridgehead atoms. The first-order chi connectivity index (χ1) is 30.9. The smallest absolute Gasteiger partial charge is 0.144 e. The van der Waals surface area contributed by atoms with Gasteiger partial charge >= 0.3 is 0 Å². The number of ether oxygens (including phenoxy) is 1. The topological polar surface area (TPSA) is 33.6 Å². The summed E-state index contributed by atoms with van der Waals surface area (Å²) < 4.78 is 6.17. The Hall–Kier alpha value is -7.23. The van der Waals surface area contributed by atoms with Crippen molar-refractivity contribution in [1.29, 1.82) is 0 Å². The molecule has 3 nitrogen and oxygen atoms in total. The number of fused-ring (bicyclic) bond motifs is 1. The Bertz CT molecular complexity index is 2750. The van der Waals surface area contributed by atoms with E-state index in [1.54, 1.807) is 7.11 Å². The lowest BCUT2D eigenvalue weighted by Gasteiger charge is -2.36. The van der Waals surface area contributed by atoms with E-state index >= 15 is 0 Å². The van der Waals surface area contributed by atoms with Crippen LogP contribution in [0.15, 0.2) is 229 Å². The molecule has 1 aliphatic carbocycles. The Balaban J connectivity index is 1.52. The van der Waals surface area contributed by atoms with Gasteiger partial charge in [-0.1, -0.05) is 212 Å². The lowest BCUT2D eigenvalue weighted by molar-refractivity contribution is 0.285. The first kappa shape index (κ1) is 43.8. The Morgan fingerprint density at radius 3 is 1.95 bits per heavy atom. The number of allylic oxidation sites excluding steroid dienone is 12. The van der Waals surface area contributed by atoms with Crippen LogP contribution in [0.1, 0.15) is 89.5 Å². The molecule has 0 amide bonds. The summed E-state index contributed by atoms with van der Waals surface area (Å²) in [5.41, 5.74) is 15.4. The molecule has 314 valence electrons. The molecular weight excluding hydrogens is 765 g/mol. The average Bonchev–Trinajstić information content (AvgIpc) is 3.60. The molecule has 6 aromatic rings. The summed E-state index contributed by atoms with van der Waals surface area (Å²) in [6, 6.07) is 56.2. The summed E-state index contributed by atoms with van der Waals surface area (Å²) >= 11 is 0. The fourth-order valence-corrected chi connectivity index (χ4v) is 8.75. The zero-order valence-corrected chi connectivity index (χ0v) is 37.4. The van der Waals surface area contributed by atoms with Gasteiger partial charge in [-0.3, -0.25) is 4.99 Å². The molecule has 1 N–H and O–H groups in total. The summed E-state index contributed by atoms with van der Waals surface area (Å²) in [6.45, 7) is 10.6. The third kappa shape index (κ3) is 9.64. The summed E-state index contributed by atoms with van der Waals surface area (Å²) in [4.78, 5) is 5.36. The van der Waals surface area contributed by atoms with Crippen molar-refractivity contribution in [3.05, 3.63) is 280 Å². The Kier molecular flexibility index (Phi) is 14.6. The molecule has 0 saturated carbocycles. The van der Waals surface area contributed by atoms with E-state index < -0.39 is 5.41 Å². The minimum Gasteiger partial charge on any atom is -0.500 e. The van der Waals surface area contributed by atoms with Crippen LogP contribution in [0.3, 0.4) is 0 Å². The summed E-state index contributed by atoms with van der Waals surface area (Å²) in [5.74, 6) is 0.939. The van der Waals surface area contributed by atoms with Crippen LogP contribution in [0, 0.1) is 6.92 Å². The second-order valence-corrected chi connectivity index (χ2v) is 15.8. The number of nitrogens with one attached hydrogen (secondary N) is 1. The maximum Gasteiger partial charge on any atom is 0.144 e. The number of aryl methyl sites for hydroxylation is 1. The predicted molar refractivity (Wildman–Crippen MR) is 269 cm³/mol. The highest BCUT2D eigenvalue weighted by Gasteiger charge is 2.49. The van der Waals surface area contributed by atoms with Crippen LogP contribution >= 0.6 is 0 Å². The van der Waals surface area contributed by atoms with Gasteiger partial charge < -0.3 is 10.1 Å². The Morgan fingerprint density at radius 2 is 1.27 bits per heavy atom. The van der Waals surface area contributed by atoms with E-state index in [0.717, 1.165) is 56.0 Å². The molecule has 6 aromatic carbocycles. The fraction of sp³-hybridized carbons (Fsp3) is 0.150. The van der Waals surface area contributed by atoms with Crippen LogP contribution in [-0.2, 0) is 16.6 Å². The van der Waals surface area contributed by atoms with Crippen LogP contribution in [0.2, 0.25) is 0 Å². The zero-order valence-electron chi connectivity index (χ0n) is 37.4. The first-order valence-corrected chi connectivity index (χ1v) is 21.9. The van der Waals surface area contributed by atoms with Crippen LogP contribution in [0.4, 0.5) is 0 Å². The summed E-state index contributed by atoms with van der Waals surface area (Å²) in [7, 11) is 1.78. The van der Waals surface area contributed by atoms with Gasteiger partial charge in [0.15, 0.2) is 0 Å². The van der Waals surface area contributed by atoms with Crippen LogP contribution < -0.4 is 5.32 Å². The molecule has 0 saturated heterocycles. The zero-order chi connectivity index (χ0) is 44.0. The molecule has 0 aromatic heterocycles. The second-order valence-electron chi connectivity index (χ2n) is 15.8. The van der Waals surface area contributed by atoms with Gasteiger partial charge in [-0.15, -0.1) is 0 Å². The molecule has 0 radical (unpaired) electrons. The van der Waals surface area contributed by atoms with Crippen LogP contribution in [0.25, 0.3) is 17.2 Å². The van der Waals surface area contributed by atoms with Crippen LogP contribution in [0.5, 0.6) is 0 Å². The maximum absolute atomic E-state index is 6.17. The summed E-state index contributed by atoms with van der Waals surface area (Å²) in [5, 5.41) is 3.88. The molecule has 2 unspecified atom stereocenters. The van der Waals surface area contributed by atoms with Gasteiger partial charge in [-0.2, -0.15) is 0 Å². The number of rotatable bonds is 15. The predicted octanol–water partition coefficient (Wildman–Crippen LogP) is 14.7. The Morgan fingerprint density at radius 1 is 0.651 bits per heavy atom. The van der Waals surface area contributed by atoms with Crippen molar-refractivity contribution in [3.63, 3.8) is 0 Å². The highest BCUT2D eigenvalue weighted by molar-refractivity contribution is 5.99. The van der Waals surface area contributed by atoms with E-state index in [-0.39, 0.29) is 6.17 Å². The number of hydrogen-bond donors (Lipinski definition) is 1. The third-order valence-corrected chi connectivity index (χ3v) is 11.9. The highest BCUT2D eigenvalue weighted by atomic mass is 16.5. The van der Waals surface area contributed by atoms with E-state index in [2.05, 4.69) is 239 Å². The van der Waals surface area contributed by atoms with Crippen molar-refractivity contribution >= 4 is 22.9 Å². The van der Waals surface area contributed by atoms with Gasteiger partial charge in [0.25, 0.3) is 0 Å². The van der Waals surface area contributed by atoms with Gasteiger partial charge in [0.2, 0.25) is 0 Å². The van der Waals surface area contributed by atoms with E-state index in [1.807, 2.05) is 19.1 Å². The summed E-state index contributed by atoms with van der Waals surface area (Å²) in [6.07, 6.45) is 21.8. The van der Waals surface area contributed by atoms with Crippen molar-refractivity contribution in [2.45, 2.75) is 52.6 Å². The van der Waals surface area contributed by atoms with E-state index in [9.17, 15) is 0 Å². The minimum atomic E-state index is -0.689. The van der Waals surface area contributed by atoms with Crippen LogP contribution in [-0.4, -0.2) is 12.8 Å². The monoisotopic (exact) mass is 822 g/mol. The second kappa shape index (κ2) is 21.0. The van der Waals surface area contributed by atoms with Crippen molar-refractivity contribution in [3.8, 4) is 0 Å². The molecular formula is C60H58N2O. The highest BCUT2D eigenvalue weighted by Crippen LogP contribution is 2.59. The third-order valence-electron chi connectivity index (χ3n) is 11.9. The average molecular weight is 823 g/mol. The molecule has 3 heteroatoms. The molecule has 7 rings (SSSR count). The quantitative estimate of drug-likeness (QED) is 0.0636. The molecule has 0 fully saturated rings. The fourth-order valence-electron chi connectivity index (χ4n) is 8.75. The minimum absolute atomic E-state index is 0.349.